The summed E-state index contributed by atoms with van der Waals surface area (Å²) in [7, 11) is 0. The van der Waals surface area contributed by atoms with Gasteiger partial charge in [0.05, 0.1) is 11.6 Å². The monoisotopic (exact) mass is 431 g/mol. The number of hydrogen-bond donors (Lipinski definition) is 2. The Balaban J connectivity index is 1.43. The number of nitrogens with zero attached hydrogens (tertiary/aromatic N) is 5. The first-order chi connectivity index (χ1) is 15.5. The minimum atomic E-state index is -0.904. The van der Waals surface area contributed by atoms with E-state index in [9.17, 15) is 14.0 Å². The fourth-order valence-corrected chi connectivity index (χ4v) is 3.85. The van der Waals surface area contributed by atoms with Gasteiger partial charge in [0, 0.05) is 47.5 Å². The van der Waals surface area contributed by atoms with Gasteiger partial charge in [-0.25, -0.2) is 13.5 Å². The van der Waals surface area contributed by atoms with E-state index >= 15 is 0 Å². The summed E-state index contributed by atoms with van der Waals surface area (Å²) in [6.45, 7) is 3.24. The maximum Gasteiger partial charge on any atom is 0.248 e. The fourth-order valence-electron chi connectivity index (χ4n) is 3.85. The van der Waals surface area contributed by atoms with Gasteiger partial charge in [-0.1, -0.05) is 0 Å². The number of fused-ring (bicyclic) bond motifs is 1. The van der Waals surface area contributed by atoms with Crippen LogP contribution in [0.3, 0.4) is 0 Å². The van der Waals surface area contributed by atoms with Gasteiger partial charge in [0.15, 0.2) is 11.6 Å². The first-order valence-electron chi connectivity index (χ1n) is 10.2. The summed E-state index contributed by atoms with van der Waals surface area (Å²) in [6.07, 6.45) is 0.789. The molecule has 0 aliphatic carbocycles. The van der Waals surface area contributed by atoms with Gasteiger partial charge in [-0.3, -0.25) is 0 Å². The van der Waals surface area contributed by atoms with Crippen LogP contribution in [-0.2, 0) is 6.54 Å². The SMILES string of the molecule is Cc1ccc(-c2ccc(Nc3nc4n(n3)CCCN4c3ccc(F)c(F)c3)cc2C#N)[nH]1. The van der Waals surface area contributed by atoms with Crippen LogP contribution in [-0.4, -0.2) is 26.3 Å². The number of rotatable bonds is 4. The minimum absolute atomic E-state index is 0.363. The number of hydrogen-bond acceptors (Lipinski definition) is 5. The highest BCUT2D eigenvalue weighted by Gasteiger charge is 2.23. The summed E-state index contributed by atoms with van der Waals surface area (Å²) in [6, 6.07) is 15.4. The third-order valence-corrected chi connectivity index (χ3v) is 5.38. The number of H-pyrrole nitrogens is 1. The van der Waals surface area contributed by atoms with Gasteiger partial charge < -0.3 is 15.2 Å². The normalized spacial score (nSPS) is 13.0. The van der Waals surface area contributed by atoms with E-state index in [2.05, 4.69) is 26.5 Å². The zero-order valence-corrected chi connectivity index (χ0v) is 17.2. The highest BCUT2D eigenvalue weighted by Crippen LogP contribution is 2.31. The third kappa shape index (κ3) is 3.56. The highest BCUT2D eigenvalue weighted by atomic mass is 19.2. The van der Waals surface area contributed by atoms with E-state index < -0.39 is 11.6 Å². The van der Waals surface area contributed by atoms with Crippen LogP contribution < -0.4 is 10.2 Å². The molecule has 32 heavy (non-hydrogen) atoms. The Hall–Kier alpha value is -4.19. The highest BCUT2D eigenvalue weighted by molar-refractivity contribution is 5.72. The molecule has 1 aliphatic heterocycles. The molecule has 0 bridgehead atoms. The van der Waals surface area contributed by atoms with E-state index in [4.69, 9.17) is 0 Å². The number of benzene rings is 2. The smallest absolute Gasteiger partial charge is 0.248 e. The summed E-state index contributed by atoms with van der Waals surface area (Å²) in [5.41, 5.74) is 4.42. The Morgan fingerprint density at radius 1 is 1.06 bits per heavy atom. The Labute approximate surface area is 182 Å². The molecule has 3 heterocycles. The van der Waals surface area contributed by atoms with E-state index in [-0.39, 0.29) is 0 Å². The summed E-state index contributed by atoms with van der Waals surface area (Å²) in [5, 5.41) is 17.3. The molecule has 1 aliphatic rings. The second-order valence-corrected chi connectivity index (χ2v) is 7.61. The average molecular weight is 431 g/mol. The largest absolute Gasteiger partial charge is 0.359 e. The van der Waals surface area contributed by atoms with Crippen molar-refractivity contribution in [1.82, 2.24) is 19.7 Å². The lowest BCUT2D eigenvalue weighted by Gasteiger charge is -2.27. The first kappa shape index (κ1) is 19.8. The second kappa shape index (κ2) is 7.81. The number of halogens is 2. The molecule has 5 rings (SSSR count). The predicted molar refractivity (Wildman–Crippen MR) is 117 cm³/mol. The lowest BCUT2D eigenvalue weighted by Crippen LogP contribution is -2.28. The minimum Gasteiger partial charge on any atom is -0.359 e. The number of aromatic nitrogens is 4. The summed E-state index contributed by atoms with van der Waals surface area (Å²) < 4.78 is 28.8. The molecule has 0 amide bonds. The van der Waals surface area contributed by atoms with Crippen LogP contribution in [0.1, 0.15) is 17.7 Å². The molecule has 2 aromatic carbocycles. The van der Waals surface area contributed by atoms with Gasteiger partial charge in [0.2, 0.25) is 11.9 Å². The Kier molecular flexibility index (Phi) is 4.82. The molecule has 0 radical (unpaired) electrons. The number of aromatic amines is 1. The van der Waals surface area contributed by atoms with Crippen molar-refractivity contribution in [3.05, 3.63) is 71.4 Å². The van der Waals surface area contributed by atoms with Crippen molar-refractivity contribution in [2.75, 3.05) is 16.8 Å². The van der Waals surface area contributed by atoms with E-state index in [0.717, 1.165) is 35.5 Å². The van der Waals surface area contributed by atoms with Crippen LogP contribution in [0.25, 0.3) is 11.3 Å². The van der Waals surface area contributed by atoms with Gasteiger partial charge in [0.25, 0.3) is 0 Å². The first-order valence-corrected chi connectivity index (χ1v) is 10.2. The lowest BCUT2D eigenvalue weighted by molar-refractivity contribution is 0.506. The third-order valence-electron chi connectivity index (χ3n) is 5.38. The standard InChI is InChI=1S/C23H19F2N7/c1-14-3-8-21(27-14)18-6-4-16(11-15(18)13-26)28-22-29-23-31(9-2-10-32(23)30-22)17-5-7-19(24)20(25)12-17/h3-8,11-12,27H,2,9-10H2,1H3,(H,28,30). The zero-order chi connectivity index (χ0) is 22.2. The number of nitrogens with one attached hydrogen (secondary N) is 2. The molecule has 2 N–H and O–H groups in total. The van der Waals surface area contributed by atoms with Crippen LogP contribution in [0.2, 0.25) is 0 Å². The molecule has 0 spiro atoms. The molecule has 9 heteroatoms. The van der Waals surface area contributed by atoms with Crippen molar-refractivity contribution in [3.8, 4) is 17.3 Å². The summed E-state index contributed by atoms with van der Waals surface area (Å²) >= 11 is 0. The van der Waals surface area contributed by atoms with E-state index in [1.165, 1.54) is 6.07 Å². The molecule has 160 valence electrons. The van der Waals surface area contributed by atoms with Gasteiger partial charge in [0.1, 0.15) is 0 Å². The lowest BCUT2D eigenvalue weighted by atomic mass is 10.0. The predicted octanol–water partition coefficient (Wildman–Crippen LogP) is 5.02. The zero-order valence-electron chi connectivity index (χ0n) is 17.2. The Morgan fingerprint density at radius 2 is 1.94 bits per heavy atom. The topological polar surface area (TPSA) is 85.6 Å². The van der Waals surface area contributed by atoms with Crippen LogP contribution >= 0.6 is 0 Å². The molecule has 2 aromatic heterocycles. The van der Waals surface area contributed by atoms with Crippen molar-refractivity contribution in [1.29, 1.82) is 5.26 Å². The molecule has 0 atom stereocenters. The van der Waals surface area contributed by atoms with Crippen molar-refractivity contribution >= 4 is 23.3 Å². The molecule has 0 saturated carbocycles. The van der Waals surface area contributed by atoms with E-state index in [1.807, 2.05) is 36.1 Å². The van der Waals surface area contributed by atoms with Crippen molar-refractivity contribution in [2.24, 2.45) is 0 Å². The van der Waals surface area contributed by atoms with E-state index in [1.54, 1.807) is 10.7 Å². The Bertz CT molecular complexity index is 1350. The maximum absolute atomic E-state index is 13.7. The van der Waals surface area contributed by atoms with Crippen LogP contribution in [0.5, 0.6) is 0 Å². The molecular formula is C23H19F2N7. The average Bonchev–Trinajstić information content (AvgIpc) is 3.41. The second-order valence-electron chi connectivity index (χ2n) is 7.61. The fraction of sp³-hybridized carbons (Fsp3) is 0.174. The molecule has 0 fully saturated rings. The van der Waals surface area contributed by atoms with Crippen LogP contribution in [0.4, 0.5) is 32.1 Å². The molecule has 0 saturated heterocycles. The molecular weight excluding hydrogens is 412 g/mol. The van der Waals surface area contributed by atoms with Crippen LogP contribution in [0.15, 0.2) is 48.5 Å². The van der Waals surface area contributed by atoms with Crippen molar-refractivity contribution in [3.63, 3.8) is 0 Å². The molecule has 4 aromatic rings. The van der Waals surface area contributed by atoms with Crippen molar-refractivity contribution < 1.29 is 8.78 Å². The maximum atomic E-state index is 13.7. The number of nitriles is 1. The molecule has 0 unspecified atom stereocenters. The quantitative estimate of drug-likeness (QED) is 0.474. The van der Waals surface area contributed by atoms with Crippen LogP contribution in [0, 0.1) is 29.9 Å². The van der Waals surface area contributed by atoms with Gasteiger partial charge >= 0.3 is 0 Å². The summed E-state index contributed by atoms with van der Waals surface area (Å²) in [5.74, 6) is -0.884. The van der Waals surface area contributed by atoms with Gasteiger partial charge in [-0.2, -0.15) is 10.2 Å². The van der Waals surface area contributed by atoms with Gasteiger partial charge in [-0.05, 0) is 55.8 Å². The number of anilines is 4. The Morgan fingerprint density at radius 3 is 2.69 bits per heavy atom. The van der Waals surface area contributed by atoms with E-state index in [0.29, 0.717) is 41.9 Å². The summed E-state index contributed by atoms with van der Waals surface area (Å²) in [4.78, 5) is 9.61. The number of aryl methyl sites for hydroxylation is 2. The van der Waals surface area contributed by atoms with Gasteiger partial charge in [-0.15, -0.1) is 5.10 Å². The van der Waals surface area contributed by atoms with Crippen molar-refractivity contribution in [2.45, 2.75) is 19.9 Å². The molecule has 7 nitrogen and oxygen atoms in total.